The van der Waals surface area contributed by atoms with E-state index in [1.165, 1.54) is 0 Å². The van der Waals surface area contributed by atoms with E-state index in [0.29, 0.717) is 6.04 Å². The molecule has 3 nitrogen and oxygen atoms in total. The minimum atomic E-state index is 0.142. The first-order valence-electron chi connectivity index (χ1n) is 4.56. The molecule has 0 radical (unpaired) electrons. The van der Waals surface area contributed by atoms with Crippen molar-refractivity contribution in [1.29, 1.82) is 0 Å². The first-order valence-corrected chi connectivity index (χ1v) is 4.56. The van der Waals surface area contributed by atoms with Gasteiger partial charge in [-0.15, -0.1) is 0 Å². The van der Waals surface area contributed by atoms with Crippen LogP contribution in [0.3, 0.4) is 0 Å². The Bertz CT molecular complexity index is 147. The molecular formula is C9H20N2O. The van der Waals surface area contributed by atoms with Crippen LogP contribution in [0.1, 0.15) is 20.3 Å². The molecule has 0 aromatic heterocycles. The van der Waals surface area contributed by atoms with Gasteiger partial charge in [-0.25, -0.2) is 0 Å². The van der Waals surface area contributed by atoms with Crippen molar-refractivity contribution < 1.29 is 4.74 Å². The summed E-state index contributed by atoms with van der Waals surface area (Å²) in [6.45, 7) is 7.30. The third-order valence-corrected chi connectivity index (χ3v) is 2.58. The second-order valence-corrected chi connectivity index (χ2v) is 4.24. The number of nitrogens with zero attached hydrogens (tertiary/aromatic N) is 1. The minimum Gasteiger partial charge on any atom is -0.383 e. The van der Waals surface area contributed by atoms with Crippen molar-refractivity contribution in [2.24, 2.45) is 5.73 Å². The maximum Gasteiger partial charge on any atom is 0.0641 e. The largest absolute Gasteiger partial charge is 0.383 e. The molecule has 1 atom stereocenters. The summed E-state index contributed by atoms with van der Waals surface area (Å²) in [5, 5.41) is 0. The lowest BCUT2D eigenvalue weighted by Crippen LogP contribution is -2.46. The fourth-order valence-corrected chi connectivity index (χ4v) is 1.78. The zero-order chi connectivity index (χ0) is 9.19. The Morgan fingerprint density at radius 2 is 2.25 bits per heavy atom. The van der Waals surface area contributed by atoms with Gasteiger partial charge in [0, 0.05) is 31.8 Å². The number of ether oxygens (including phenoxy) is 1. The lowest BCUT2D eigenvalue weighted by Gasteiger charge is -2.34. The van der Waals surface area contributed by atoms with Crippen molar-refractivity contribution in [3.63, 3.8) is 0 Å². The molecule has 3 heteroatoms. The zero-order valence-corrected chi connectivity index (χ0v) is 8.34. The normalized spacial score (nSPS) is 26.5. The van der Waals surface area contributed by atoms with E-state index in [2.05, 4.69) is 18.7 Å². The van der Waals surface area contributed by atoms with Crippen molar-refractivity contribution in [3.05, 3.63) is 0 Å². The summed E-state index contributed by atoms with van der Waals surface area (Å²) in [5.74, 6) is 0. The SMILES string of the molecule is COCC(C)(C)N1CCC(N)C1. The van der Waals surface area contributed by atoms with Gasteiger partial charge in [-0.3, -0.25) is 4.90 Å². The van der Waals surface area contributed by atoms with Crippen LogP contribution in [0.25, 0.3) is 0 Å². The number of rotatable bonds is 3. The maximum absolute atomic E-state index is 5.84. The number of hydrogen-bond donors (Lipinski definition) is 1. The molecule has 1 unspecified atom stereocenters. The van der Waals surface area contributed by atoms with E-state index in [1.807, 2.05) is 0 Å². The molecule has 0 bridgehead atoms. The Hall–Kier alpha value is -0.120. The highest BCUT2D eigenvalue weighted by atomic mass is 16.5. The van der Waals surface area contributed by atoms with Crippen LogP contribution in [0.5, 0.6) is 0 Å². The Labute approximate surface area is 74.9 Å². The lowest BCUT2D eigenvalue weighted by molar-refractivity contribution is 0.0485. The minimum absolute atomic E-state index is 0.142. The third kappa shape index (κ3) is 2.19. The highest BCUT2D eigenvalue weighted by Crippen LogP contribution is 2.20. The summed E-state index contributed by atoms with van der Waals surface area (Å²) in [6, 6.07) is 0.362. The van der Waals surface area contributed by atoms with Crippen LogP contribution in [0.2, 0.25) is 0 Å². The van der Waals surface area contributed by atoms with Crippen molar-refractivity contribution >= 4 is 0 Å². The third-order valence-electron chi connectivity index (χ3n) is 2.58. The summed E-state index contributed by atoms with van der Waals surface area (Å²) in [4.78, 5) is 2.40. The average molecular weight is 172 g/mol. The van der Waals surface area contributed by atoms with Crippen LogP contribution in [-0.2, 0) is 4.74 Å². The van der Waals surface area contributed by atoms with Gasteiger partial charge in [0.25, 0.3) is 0 Å². The zero-order valence-electron chi connectivity index (χ0n) is 8.34. The predicted molar refractivity (Wildman–Crippen MR) is 50.1 cm³/mol. The number of methoxy groups -OCH3 is 1. The monoisotopic (exact) mass is 172 g/mol. The Morgan fingerprint density at radius 3 is 2.67 bits per heavy atom. The van der Waals surface area contributed by atoms with Gasteiger partial charge >= 0.3 is 0 Å². The molecule has 0 aromatic carbocycles. The molecule has 0 aliphatic carbocycles. The van der Waals surface area contributed by atoms with Gasteiger partial charge in [-0.2, -0.15) is 0 Å². The van der Waals surface area contributed by atoms with Crippen LogP contribution < -0.4 is 5.73 Å². The van der Waals surface area contributed by atoms with Gasteiger partial charge in [-0.05, 0) is 20.3 Å². The molecule has 0 amide bonds. The Kier molecular flexibility index (Phi) is 3.09. The van der Waals surface area contributed by atoms with Crippen molar-refractivity contribution in [1.82, 2.24) is 4.90 Å². The fourth-order valence-electron chi connectivity index (χ4n) is 1.78. The van der Waals surface area contributed by atoms with E-state index in [0.717, 1.165) is 26.1 Å². The van der Waals surface area contributed by atoms with Crippen molar-refractivity contribution in [2.45, 2.75) is 31.8 Å². The summed E-state index contributed by atoms with van der Waals surface area (Å²) in [5.41, 5.74) is 5.98. The molecule has 0 spiro atoms. The molecule has 12 heavy (non-hydrogen) atoms. The quantitative estimate of drug-likeness (QED) is 0.671. The van der Waals surface area contributed by atoms with Crippen LogP contribution >= 0.6 is 0 Å². The van der Waals surface area contributed by atoms with Gasteiger partial charge in [0.05, 0.1) is 6.61 Å². The summed E-state index contributed by atoms with van der Waals surface area (Å²) in [7, 11) is 1.75. The van der Waals surface area contributed by atoms with E-state index in [9.17, 15) is 0 Å². The van der Waals surface area contributed by atoms with Gasteiger partial charge in [0.2, 0.25) is 0 Å². The Balaban J connectivity index is 2.45. The van der Waals surface area contributed by atoms with Gasteiger partial charge < -0.3 is 10.5 Å². The van der Waals surface area contributed by atoms with Crippen LogP contribution in [0.15, 0.2) is 0 Å². The Morgan fingerprint density at radius 1 is 1.58 bits per heavy atom. The highest BCUT2D eigenvalue weighted by molar-refractivity contribution is 4.89. The van der Waals surface area contributed by atoms with Gasteiger partial charge in [-0.1, -0.05) is 0 Å². The van der Waals surface area contributed by atoms with E-state index in [1.54, 1.807) is 7.11 Å². The molecule has 0 saturated carbocycles. The van der Waals surface area contributed by atoms with Crippen LogP contribution in [0, 0.1) is 0 Å². The van der Waals surface area contributed by atoms with Crippen LogP contribution in [0.4, 0.5) is 0 Å². The van der Waals surface area contributed by atoms with Crippen LogP contribution in [-0.4, -0.2) is 43.3 Å². The molecule has 1 saturated heterocycles. The second-order valence-electron chi connectivity index (χ2n) is 4.24. The molecule has 0 aromatic rings. The molecule has 1 aliphatic rings. The smallest absolute Gasteiger partial charge is 0.0641 e. The number of likely N-dealkylation sites (tertiary alicyclic amines) is 1. The molecular weight excluding hydrogens is 152 g/mol. The molecule has 72 valence electrons. The summed E-state index contributed by atoms with van der Waals surface area (Å²) < 4.78 is 5.17. The first-order chi connectivity index (χ1) is 5.56. The summed E-state index contributed by atoms with van der Waals surface area (Å²) in [6.07, 6.45) is 1.12. The average Bonchev–Trinajstić information content (AvgIpc) is 2.36. The van der Waals surface area contributed by atoms with Gasteiger partial charge in [0.1, 0.15) is 0 Å². The van der Waals surface area contributed by atoms with Gasteiger partial charge in [0.15, 0.2) is 0 Å². The highest BCUT2D eigenvalue weighted by Gasteiger charge is 2.31. The number of nitrogens with two attached hydrogens (primary N) is 1. The fraction of sp³-hybridized carbons (Fsp3) is 1.00. The first kappa shape index (κ1) is 9.96. The second kappa shape index (κ2) is 3.73. The molecule has 1 rings (SSSR count). The molecule has 1 fully saturated rings. The van der Waals surface area contributed by atoms with E-state index in [4.69, 9.17) is 10.5 Å². The van der Waals surface area contributed by atoms with Crippen molar-refractivity contribution in [3.8, 4) is 0 Å². The lowest BCUT2D eigenvalue weighted by atomic mass is 10.1. The van der Waals surface area contributed by atoms with E-state index in [-0.39, 0.29) is 5.54 Å². The molecule has 1 aliphatic heterocycles. The standard InChI is InChI=1S/C9H20N2O/c1-9(2,7-12-3)11-5-4-8(10)6-11/h8H,4-7,10H2,1-3H3. The topological polar surface area (TPSA) is 38.5 Å². The summed E-state index contributed by atoms with van der Waals surface area (Å²) >= 11 is 0. The maximum atomic E-state index is 5.84. The molecule has 2 N–H and O–H groups in total. The van der Waals surface area contributed by atoms with Crippen molar-refractivity contribution in [2.75, 3.05) is 26.8 Å². The van der Waals surface area contributed by atoms with E-state index >= 15 is 0 Å². The molecule has 1 heterocycles. The number of hydrogen-bond acceptors (Lipinski definition) is 3. The van der Waals surface area contributed by atoms with E-state index < -0.39 is 0 Å². The predicted octanol–water partition coefficient (Wildman–Crippen LogP) is 0.444.